The minimum atomic E-state index is 0. The first-order valence-electron chi connectivity index (χ1n) is 0. The average molecular weight is 485 g/mol. The summed E-state index contributed by atoms with van der Waals surface area (Å²) in [6.45, 7) is 0. The monoisotopic (exact) mass is 486 g/mol. The molecule has 0 fully saturated rings. The summed E-state index contributed by atoms with van der Waals surface area (Å²) in [6.07, 6.45) is 0. The molecule has 0 nitrogen and oxygen atoms in total. The largest absolute Gasteiger partial charge is 2.00 e. The third kappa shape index (κ3) is 9.13. The first kappa shape index (κ1) is 25.6. The molecule has 0 saturated carbocycles. The fourth-order valence-electron chi connectivity index (χ4n) is 0. The second kappa shape index (κ2) is 16.0. The van der Waals surface area contributed by atoms with Crippen molar-refractivity contribution in [1.82, 2.24) is 0 Å². The summed E-state index contributed by atoms with van der Waals surface area (Å²) >= 11 is 0. The van der Waals surface area contributed by atoms with E-state index >= 15 is 0 Å². The predicted molar refractivity (Wildman–Crippen MR) is 7.98 cm³/mol. The Kier molecular flexibility index (Phi) is 102. The third-order valence-corrected chi connectivity index (χ3v) is 0. The molecule has 0 amide bonds. The fraction of sp³-hybridized carbons (Fsp3) is 0. The molecule has 4 heavy (non-hydrogen) atoms. The van der Waals surface area contributed by atoms with Crippen LogP contribution in [0.5, 0.6) is 0 Å². The van der Waals surface area contributed by atoms with Gasteiger partial charge in [-0.2, -0.15) is 0 Å². The van der Waals surface area contributed by atoms with Crippen LogP contribution in [0.2, 0.25) is 0 Å². The summed E-state index contributed by atoms with van der Waals surface area (Å²) < 4.78 is 0. The van der Waals surface area contributed by atoms with Crippen LogP contribution in [0.15, 0.2) is 0 Å². The van der Waals surface area contributed by atoms with Crippen LogP contribution in [0, 0.1) is 0 Å². The molecule has 0 aliphatic carbocycles. The van der Waals surface area contributed by atoms with Gasteiger partial charge in [0.05, 0.1) is 0 Å². The van der Waals surface area contributed by atoms with E-state index in [4.69, 9.17) is 0 Å². The van der Waals surface area contributed by atoms with E-state index in [-0.39, 0.29) is 113 Å². The molecule has 0 atom stereocenters. The summed E-state index contributed by atoms with van der Waals surface area (Å²) in [6, 6.07) is 0. The van der Waals surface area contributed by atoms with Gasteiger partial charge < -0.3 is 2.85 Å². The normalized spacial score (nSPS) is 0. The maximum Gasteiger partial charge on any atom is 2.00 e. The smallest absolute Gasteiger partial charge is 1.00 e. The van der Waals surface area contributed by atoms with Gasteiger partial charge in [-0.3, -0.25) is 0 Å². The van der Waals surface area contributed by atoms with Gasteiger partial charge in [0.15, 0.2) is 0 Å². The van der Waals surface area contributed by atoms with E-state index in [1.165, 1.54) is 0 Å². The number of hydrogen-bond acceptors (Lipinski definition) is 0. The molecular weight excluding hydrogens is 482 g/mol. The van der Waals surface area contributed by atoms with Crippen molar-refractivity contribution in [3.8, 4) is 0 Å². The standard InChI is InChI=1S/Ba.Mo.W.Zn.2H/q+2;;;;2*-1. The molecular formula is H2BaMoWZn. The van der Waals surface area contributed by atoms with Gasteiger partial charge in [-0.25, -0.2) is 0 Å². The molecule has 0 aromatic heterocycles. The van der Waals surface area contributed by atoms with E-state index < -0.39 is 0 Å². The number of rotatable bonds is 0. The number of hydrogen-bond donors (Lipinski definition) is 0. The zero-order valence-electron chi connectivity index (χ0n) is 4.23. The molecule has 4 heteroatoms. The van der Waals surface area contributed by atoms with E-state index in [1.807, 2.05) is 0 Å². The molecule has 0 bridgehead atoms. The van der Waals surface area contributed by atoms with Crippen molar-refractivity contribution in [3.63, 3.8) is 0 Å². The Morgan fingerprint density at radius 2 is 1.25 bits per heavy atom. The molecule has 0 aliphatic heterocycles. The molecule has 18 valence electrons. The fourth-order valence-corrected chi connectivity index (χ4v) is 0. The Balaban J connectivity index is 0. The predicted octanol–water partition coefficient (Wildman–Crippen LogP) is -0.163. The molecule has 0 aliphatic rings. The molecule has 0 spiro atoms. The van der Waals surface area contributed by atoms with E-state index in [9.17, 15) is 0 Å². The zero-order chi connectivity index (χ0) is 0. The van der Waals surface area contributed by atoms with Gasteiger partial charge in [0, 0.05) is 61.6 Å². The van der Waals surface area contributed by atoms with Gasteiger partial charge in [-0.1, -0.05) is 0 Å². The van der Waals surface area contributed by atoms with Gasteiger partial charge in [0.25, 0.3) is 0 Å². The quantitative estimate of drug-likeness (QED) is 0.420. The topological polar surface area (TPSA) is 0 Å². The Morgan fingerprint density at radius 1 is 1.25 bits per heavy atom. The molecule has 0 unspecified atom stereocenters. The van der Waals surface area contributed by atoms with Gasteiger partial charge in [-0.15, -0.1) is 0 Å². The molecule has 0 radical (unpaired) electrons. The maximum absolute atomic E-state index is 0. The molecule has 0 aromatic carbocycles. The van der Waals surface area contributed by atoms with Crippen LogP contribution in [-0.2, 0) is 61.6 Å². The minimum absolute atomic E-state index is 0. The Morgan fingerprint density at radius 3 is 1.25 bits per heavy atom. The van der Waals surface area contributed by atoms with Crippen LogP contribution in [-0.4, -0.2) is 48.9 Å². The van der Waals surface area contributed by atoms with Gasteiger partial charge >= 0.3 is 48.9 Å². The Labute approximate surface area is 111 Å². The molecule has 0 aromatic rings. The second-order valence-corrected chi connectivity index (χ2v) is 0. The zero-order valence-corrected chi connectivity index (χ0v) is 14.6. The molecule has 0 saturated heterocycles. The van der Waals surface area contributed by atoms with E-state index in [1.54, 1.807) is 0 Å². The van der Waals surface area contributed by atoms with Crippen molar-refractivity contribution in [2.45, 2.75) is 0 Å². The molecule has 0 rings (SSSR count). The van der Waals surface area contributed by atoms with Gasteiger partial charge in [0.2, 0.25) is 0 Å². The summed E-state index contributed by atoms with van der Waals surface area (Å²) in [5, 5.41) is 0. The summed E-state index contributed by atoms with van der Waals surface area (Å²) in [4.78, 5) is 0. The van der Waals surface area contributed by atoms with Crippen molar-refractivity contribution in [2.24, 2.45) is 0 Å². The van der Waals surface area contributed by atoms with Crippen LogP contribution in [0.4, 0.5) is 0 Å². The van der Waals surface area contributed by atoms with Gasteiger partial charge in [-0.05, 0) is 0 Å². The summed E-state index contributed by atoms with van der Waals surface area (Å²) in [5.41, 5.74) is 0. The van der Waals surface area contributed by atoms with Crippen LogP contribution < -0.4 is 0 Å². The van der Waals surface area contributed by atoms with Crippen LogP contribution in [0.25, 0.3) is 0 Å². The molecule has 0 N–H and O–H groups in total. The van der Waals surface area contributed by atoms with Crippen LogP contribution >= 0.6 is 0 Å². The van der Waals surface area contributed by atoms with Gasteiger partial charge in [0.1, 0.15) is 0 Å². The minimum Gasteiger partial charge on any atom is -1.00 e. The second-order valence-electron chi connectivity index (χ2n) is 0. The van der Waals surface area contributed by atoms with E-state index in [0.29, 0.717) is 0 Å². The first-order chi connectivity index (χ1) is 0. The van der Waals surface area contributed by atoms with Crippen molar-refractivity contribution >= 4 is 48.9 Å². The van der Waals surface area contributed by atoms with Crippen LogP contribution in [0.3, 0.4) is 0 Å². The Hall–Kier alpha value is 3.57. The first-order valence-corrected chi connectivity index (χ1v) is 0. The van der Waals surface area contributed by atoms with Crippen molar-refractivity contribution < 1.29 is 64.5 Å². The molecule has 0 heterocycles. The Bertz CT molecular complexity index is 13.5. The van der Waals surface area contributed by atoms with E-state index in [0.717, 1.165) is 0 Å². The van der Waals surface area contributed by atoms with E-state index in [2.05, 4.69) is 0 Å². The maximum atomic E-state index is 0. The van der Waals surface area contributed by atoms with Crippen LogP contribution in [0.1, 0.15) is 2.85 Å². The average Bonchev–Trinajstić information content (AvgIpc) is 0. The third-order valence-electron chi connectivity index (χ3n) is 0. The summed E-state index contributed by atoms with van der Waals surface area (Å²) in [5.74, 6) is 0. The SMILES string of the molecule is [Ba+2].[H-].[H-].[Mo].[W].[Zn]. The van der Waals surface area contributed by atoms with Crippen molar-refractivity contribution in [1.29, 1.82) is 0 Å². The van der Waals surface area contributed by atoms with Crippen molar-refractivity contribution in [2.75, 3.05) is 0 Å². The van der Waals surface area contributed by atoms with Crippen molar-refractivity contribution in [3.05, 3.63) is 0 Å². The summed E-state index contributed by atoms with van der Waals surface area (Å²) in [7, 11) is 0.